The summed E-state index contributed by atoms with van der Waals surface area (Å²) in [5, 5.41) is 9.27. The van der Waals surface area contributed by atoms with Gasteiger partial charge in [0.1, 0.15) is 5.82 Å². The molecule has 1 N–H and O–H groups in total. The molecule has 0 bridgehead atoms. The van der Waals surface area contributed by atoms with Crippen molar-refractivity contribution in [2.45, 2.75) is 25.3 Å². The third kappa shape index (κ3) is 3.62. The molecule has 1 atom stereocenters. The van der Waals surface area contributed by atoms with Crippen LogP contribution >= 0.6 is 0 Å². The van der Waals surface area contributed by atoms with E-state index in [1.165, 1.54) is 25.1 Å². The lowest BCUT2D eigenvalue weighted by Crippen LogP contribution is -2.55. The summed E-state index contributed by atoms with van der Waals surface area (Å²) in [6.07, 6.45) is 5.75. The van der Waals surface area contributed by atoms with Crippen molar-refractivity contribution in [3.05, 3.63) is 29.8 Å². The number of carbonyl (C=O) groups is 1. The first-order valence-corrected chi connectivity index (χ1v) is 7.92. The van der Waals surface area contributed by atoms with Gasteiger partial charge in [-0.05, 0) is 31.2 Å². The molecule has 22 heavy (non-hydrogen) atoms. The summed E-state index contributed by atoms with van der Waals surface area (Å²) in [6.45, 7) is 3.23. The molecular weight excluding hydrogens is 285 g/mol. The molecule has 6 heteroatoms. The van der Waals surface area contributed by atoms with Crippen LogP contribution in [0.3, 0.4) is 0 Å². The zero-order valence-electron chi connectivity index (χ0n) is 12.6. The molecule has 2 aliphatic rings. The Bertz CT molecular complexity index is 536. The number of carbonyl (C=O) groups excluding carboxylic acids is 1. The molecule has 2 fully saturated rings. The molecule has 2 heterocycles. The van der Waals surface area contributed by atoms with Gasteiger partial charge in [-0.2, -0.15) is 0 Å². The van der Waals surface area contributed by atoms with Crippen LogP contribution in [0.2, 0.25) is 0 Å². The maximum atomic E-state index is 13.2. The number of aromatic nitrogens is 1. The van der Waals surface area contributed by atoms with Crippen LogP contribution in [-0.4, -0.2) is 64.6 Å². The lowest BCUT2D eigenvalue weighted by molar-refractivity contribution is 0.0406. The number of hydrogen-bond donors (Lipinski definition) is 1. The van der Waals surface area contributed by atoms with Gasteiger partial charge in [0.05, 0.1) is 11.8 Å². The Morgan fingerprint density at radius 3 is 2.86 bits per heavy atom. The van der Waals surface area contributed by atoms with E-state index in [1.54, 1.807) is 4.90 Å². The Balaban J connectivity index is 1.66. The van der Waals surface area contributed by atoms with E-state index in [1.807, 2.05) is 0 Å². The zero-order valence-corrected chi connectivity index (χ0v) is 12.6. The van der Waals surface area contributed by atoms with Crippen LogP contribution < -0.4 is 0 Å². The van der Waals surface area contributed by atoms with Gasteiger partial charge in [0.2, 0.25) is 0 Å². The summed E-state index contributed by atoms with van der Waals surface area (Å²) < 4.78 is 13.2. The molecule has 1 aliphatic carbocycles. The monoisotopic (exact) mass is 307 g/mol. The summed E-state index contributed by atoms with van der Waals surface area (Å²) in [6, 6.07) is 1.41. The molecule has 1 aliphatic heterocycles. The molecule has 3 rings (SSSR count). The average molecular weight is 307 g/mol. The number of hydrogen-bond acceptors (Lipinski definition) is 4. The maximum Gasteiger partial charge on any atom is 0.255 e. The number of amides is 1. The fourth-order valence-electron chi connectivity index (χ4n) is 3.08. The molecular formula is C16H22FN3O2. The SMILES string of the molecule is O=C(c1cncc(F)c1)N1CCN(CC2CC2)C(CCO)C1. The Hall–Kier alpha value is -1.53. The minimum atomic E-state index is -0.495. The highest BCUT2D eigenvalue weighted by Crippen LogP contribution is 2.31. The van der Waals surface area contributed by atoms with Crippen LogP contribution in [0.5, 0.6) is 0 Å². The first-order valence-electron chi connectivity index (χ1n) is 7.92. The van der Waals surface area contributed by atoms with Crippen molar-refractivity contribution in [3.8, 4) is 0 Å². The van der Waals surface area contributed by atoms with Crippen molar-refractivity contribution in [1.29, 1.82) is 0 Å². The Morgan fingerprint density at radius 2 is 2.18 bits per heavy atom. The van der Waals surface area contributed by atoms with E-state index in [2.05, 4.69) is 9.88 Å². The minimum absolute atomic E-state index is 0.120. The maximum absolute atomic E-state index is 13.2. The second kappa shape index (κ2) is 6.71. The predicted octanol–water partition coefficient (Wildman–Crippen LogP) is 1.14. The molecule has 120 valence electrons. The number of aliphatic hydroxyl groups is 1. The van der Waals surface area contributed by atoms with E-state index in [4.69, 9.17) is 0 Å². The van der Waals surface area contributed by atoms with Crippen LogP contribution in [0.4, 0.5) is 4.39 Å². The van der Waals surface area contributed by atoms with Crippen molar-refractivity contribution in [2.24, 2.45) is 5.92 Å². The highest BCUT2D eigenvalue weighted by molar-refractivity contribution is 5.94. The second-order valence-electron chi connectivity index (χ2n) is 6.25. The standard InChI is InChI=1S/C16H22FN3O2/c17-14-7-13(8-18-9-14)16(22)20-5-4-19(10-12-1-2-12)15(11-20)3-6-21/h7-9,12,15,21H,1-6,10-11H2. The van der Waals surface area contributed by atoms with Gasteiger partial charge < -0.3 is 10.0 Å². The smallest absolute Gasteiger partial charge is 0.255 e. The number of pyridine rings is 1. The number of halogens is 1. The molecule has 5 nitrogen and oxygen atoms in total. The summed E-state index contributed by atoms with van der Waals surface area (Å²) in [5.41, 5.74) is 0.290. The van der Waals surface area contributed by atoms with E-state index in [9.17, 15) is 14.3 Å². The molecule has 0 radical (unpaired) electrons. The molecule has 1 aromatic rings. The number of piperazine rings is 1. The first kappa shape index (κ1) is 15.4. The Labute approximate surface area is 129 Å². The fourth-order valence-corrected chi connectivity index (χ4v) is 3.08. The second-order valence-corrected chi connectivity index (χ2v) is 6.25. The first-order chi connectivity index (χ1) is 10.7. The largest absolute Gasteiger partial charge is 0.396 e. The summed E-state index contributed by atoms with van der Waals surface area (Å²) in [5.74, 6) is 0.113. The Kier molecular flexibility index (Phi) is 4.69. The quantitative estimate of drug-likeness (QED) is 0.886. The van der Waals surface area contributed by atoms with Gasteiger partial charge >= 0.3 is 0 Å². The van der Waals surface area contributed by atoms with Gasteiger partial charge in [0, 0.05) is 45.0 Å². The minimum Gasteiger partial charge on any atom is -0.396 e. The third-order valence-corrected chi connectivity index (χ3v) is 4.50. The van der Waals surface area contributed by atoms with Gasteiger partial charge in [-0.1, -0.05) is 0 Å². The van der Waals surface area contributed by atoms with Gasteiger partial charge in [-0.3, -0.25) is 14.7 Å². The number of rotatable bonds is 5. The van der Waals surface area contributed by atoms with Crippen molar-refractivity contribution >= 4 is 5.91 Å². The molecule has 1 aromatic heterocycles. The topological polar surface area (TPSA) is 56.7 Å². The van der Waals surface area contributed by atoms with Crippen LogP contribution in [0, 0.1) is 11.7 Å². The van der Waals surface area contributed by atoms with Crippen molar-refractivity contribution in [2.75, 3.05) is 32.8 Å². The van der Waals surface area contributed by atoms with Crippen LogP contribution in [0.25, 0.3) is 0 Å². The zero-order chi connectivity index (χ0) is 15.5. The van der Waals surface area contributed by atoms with Gasteiger partial charge in [0.15, 0.2) is 0 Å². The molecule has 1 unspecified atom stereocenters. The van der Waals surface area contributed by atoms with E-state index < -0.39 is 5.82 Å². The van der Waals surface area contributed by atoms with Crippen LogP contribution in [-0.2, 0) is 0 Å². The molecule has 1 saturated heterocycles. The van der Waals surface area contributed by atoms with Crippen molar-refractivity contribution in [1.82, 2.24) is 14.8 Å². The van der Waals surface area contributed by atoms with Crippen LogP contribution in [0.15, 0.2) is 18.5 Å². The third-order valence-electron chi connectivity index (χ3n) is 4.50. The summed E-state index contributed by atoms with van der Waals surface area (Å²) in [4.78, 5) is 20.4. The van der Waals surface area contributed by atoms with Gasteiger partial charge in [0.25, 0.3) is 5.91 Å². The molecule has 1 amide bonds. The highest BCUT2D eigenvalue weighted by atomic mass is 19.1. The van der Waals surface area contributed by atoms with E-state index >= 15 is 0 Å². The lowest BCUT2D eigenvalue weighted by atomic mass is 10.1. The Morgan fingerprint density at radius 1 is 1.36 bits per heavy atom. The van der Waals surface area contributed by atoms with Gasteiger partial charge in [-0.15, -0.1) is 0 Å². The van der Waals surface area contributed by atoms with Crippen LogP contribution in [0.1, 0.15) is 29.6 Å². The summed E-state index contributed by atoms with van der Waals surface area (Å²) >= 11 is 0. The van der Waals surface area contributed by atoms with Crippen molar-refractivity contribution < 1.29 is 14.3 Å². The molecule has 0 spiro atoms. The average Bonchev–Trinajstić information content (AvgIpc) is 3.32. The molecule has 1 saturated carbocycles. The number of nitrogens with zero attached hydrogens (tertiary/aromatic N) is 3. The summed E-state index contributed by atoms with van der Waals surface area (Å²) in [7, 11) is 0. The van der Waals surface area contributed by atoms with Gasteiger partial charge in [-0.25, -0.2) is 4.39 Å². The van der Waals surface area contributed by atoms with E-state index in [0.717, 1.165) is 25.2 Å². The predicted molar refractivity (Wildman–Crippen MR) is 79.9 cm³/mol. The van der Waals surface area contributed by atoms with Crippen molar-refractivity contribution in [3.63, 3.8) is 0 Å². The fraction of sp³-hybridized carbons (Fsp3) is 0.625. The molecule has 0 aromatic carbocycles. The van der Waals surface area contributed by atoms with E-state index in [0.29, 0.717) is 25.1 Å². The number of aliphatic hydroxyl groups excluding tert-OH is 1. The highest BCUT2D eigenvalue weighted by Gasteiger charge is 2.33. The van der Waals surface area contributed by atoms with E-state index in [-0.39, 0.29) is 18.6 Å². The normalized spacial score (nSPS) is 22.8. The lowest BCUT2D eigenvalue weighted by Gasteiger charge is -2.41.